The summed E-state index contributed by atoms with van der Waals surface area (Å²) in [7, 11) is 3.24. The Bertz CT molecular complexity index is 794. The van der Waals surface area contributed by atoms with Crippen LogP contribution in [-0.2, 0) is 11.2 Å². The van der Waals surface area contributed by atoms with Crippen LogP contribution in [0.4, 0.5) is 0 Å². The van der Waals surface area contributed by atoms with Crippen LogP contribution in [0.2, 0.25) is 0 Å². The molecular weight excluding hydrogens is 386 g/mol. The van der Waals surface area contributed by atoms with Crippen LogP contribution in [0.5, 0.6) is 17.2 Å². The highest BCUT2D eigenvalue weighted by molar-refractivity contribution is 7.99. The molecule has 6 heteroatoms. The average Bonchev–Trinajstić information content (AvgIpc) is 2.72. The van der Waals surface area contributed by atoms with Gasteiger partial charge >= 0.3 is 0 Å². The fourth-order valence-corrected chi connectivity index (χ4v) is 3.56. The molecule has 0 heterocycles. The molecule has 2 aromatic carbocycles. The van der Waals surface area contributed by atoms with Gasteiger partial charge in [-0.15, -0.1) is 0 Å². The number of nitrogens with one attached hydrogen (secondary N) is 1. The summed E-state index contributed by atoms with van der Waals surface area (Å²) < 4.78 is 16.4. The fraction of sp³-hybridized carbons (Fsp3) is 0.435. The van der Waals surface area contributed by atoms with Crippen molar-refractivity contribution in [2.75, 3.05) is 38.9 Å². The molecule has 0 radical (unpaired) electrons. The second-order valence-electron chi connectivity index (χ2n) is 6.81. The number of carbonyl (C=O) groups excluding carboxylic acids is 1. The van der Waals surface area contributed by atoms with Gasteiger partial charge in [-0.05, 0) is 67.3 Å². The molecule has 0 saturated carbocycles. The van der Waals surface area contributed by atoms with E-state index in [0.717, 1.165) is 35.5 Å². The van der Waals surface area contributed by atoms with Crippen molar-refractivity contribution >= 4 is 17.7 Å². The highest BCUT2D eigenvalue weighted by Crippen LogP contribution is 2.27. The standard InChI is InChI=1S/C23H31NO4S/c1-17-6-7-18(2)21(14-17)28-12-5-13-29-16-23(25)24-11-10-19-8-9-20(26-3)22(15-19)27-4/h6-9,14-15H,5,10-13,16H2,1-4H3,(H,24,25). The third-order valence-corrected chi connectivity index (χ3v) is 5.49. The van der Waals surface area contributed by atoms with Crippen molar-refractivity contribution in [3.05, 3.63) is 53.1 Å². The Balaban J connectivity index is 1.57. The minimum Gasteiger partial charge on any atom is -0.493 e. The van der Waals surface area contributed by atoms with Gasteiger partial charge in [0.25, 0.3) is 0 Å². The van der Waals surface area contributed by atoms with Gasteiger partial charge in [-0.25, -0.2) is 0 Å². The van der Waals surface area contributed by atoms with Crippen LogP contribution in [0.25, 0.3) is 0 Å². The summed E-state index contributed by atoms with van der Waals surface area (Å²) in [4.78, 5) is 12.0. The highest BCUT2D eigenvalue weighted by atomic mass is 32.2. The predicted octanol–water partition coefficient (Wildman–Crippen LogP) is 4.18. The van der Waals surface area contributed by atoms with Crippen molar-refractivity contribution in [1.29, 1.82) is 0 Å². The number of aryl methyl sites for hydroxylation is 2. The van der Waals surface area contributed by atoms with E-state index in [1.807, 2.05) is 18.2 Å². The van der Waals surface area contributed by atoms with E-state index < -0.39 is 0 Å². The van der Waals surface area contributed by atoms with Crippen molar-refractivity contribution in [2.45, 2.75) is 26.7 Å². The van der Waals surface area contributed by atoms with Crippen molar-refractivity contribution in [3.63, 3.8) is 0 Å². The molecule has 2 aromatic rings. The Labute approximate surface area is 178 Å². The molecule has 0 unspecified atom stereocenters. The third-order valence-electron chi connectivity index (χ3n) is 4.45. The molecule has 0 saturated heterocycles. The lowest BCUT2D eigenvalue weighted by Gasteiger charge is -2.10. The number of rotatable bonds is 12. The number of ether oxygens (including phenoxy) is 3. The van der Waals surface area contributed by atoms with Crippen molar-refractivity contribution in [2.24, 2.45) is 0 Å². The molecule has 0 aromatic heterocycles. The van der Waals surface area contributed by atoms with E-state index in [1.54, 1.807) is 26.0 Å². The first-order valence-corrected chi connectivity index (χ1v) is 10.9. The van der Waals surface area contributed by atoms with E-state index in [-0.39, 0.29) is 5.91 Å². The number of hydrogen-bond acceptors (Lipinski definition) is 5. The molecule has 0 fully saturated rings. The summed E-state index contributed by atoms with van der Waals surface area (Å²) >= 11 is 1.63. The van der Waals surface area contributed by atoms with Gasteiger partial charge in [-0.3, -0.25) is 4.79 Å². The van der Waals surface area contributed by atoms with Gasteiger partial charge in [0, 0.05) is 6.54 Å². The van der Waals surface area contributed by atoms with Crippen LogP contribution in [-0.4, -0.2) is 44.8 Å². The number of hydrogen-bond donors (Lipinski definition) is 1. The Kier molecular flexibility index (Phi) is 9.71. The third kappa shape index (κ3) is 7.89. The normalized spacial score (nSPS) is 10.5. The molecule has 5 nitrogen and oxygen atoms in total. The number of amides is 1. The SMILES string of the molecule is COc1ccc(CCNC(=O)CSCCCOc2cc(C)ccc2C)cc1OC. The van der Waals surface area contributed by atoms with Gasteiger partial charge < -0.3 is 19.5 Å². The maximum atomic E-state index is 12.0. The Hall–Kier alpha value is -2.34. The zero-order chi connectivity index (χ0) is 21.1. The van der Waals surface area contributed by atoms with E-state index in [1.165, 1.54) is 5.56 Å². The summed E-state index contributed by atoms with van der Waals surface area (Å²) in [6.45, 7) is 5.38. The van der Waals surface area contributed by atoms with Crippen LogP contribution in [0.15, 0.2) is 36.4 Å². The topological polar surface area (TPSA) is 56.8 Å². The monoisotopic (exact) mass is 417 g/mol. The summed E-state index contributed by atoms with van der Waals surface area (Å²) in [5.41, 5.74) is 3.45. The van der Waals surface area contributed by atoms with Crippen LogP contribution in [0.3, 0.4) is 0 Å². The summed E-state index contributed by atoms with van der Waals surface area (Å²) in [5.74, 6) is 3.78. The second-order valence-corrected chi connectivity index (χ2v) is 7.92. The maximum absolute atomic E-state index is 12.0. The molecule has 1 amide bonds. The number of benzene rings is 2. The lowest BCUT2D eigenvalue weighted by Crippen LogP contribution is -2.27. The second kappa shape index (κ2) is 12.3. The minimum absolute atomic E-state index is 0.0610. The van der Waals surface area contributed by atoms with Crippen molar-refractivity contribution in [3.8, 4) is 17.2 Å². The van der Waals surface area contributed by atoms with Gasteiger partial charge in [-0.2, -0.15) is 11.8 Å². The lowest BCUT2D eigenvalue weighted by atomic mass is 10.1. The molecule has 158 valence electrons. The van der Waals surface area contributed by atoms with Crippen LogP contribution >= 0.6 is 11.8 Å². The van der Waals surface area contributed by atoms with Gasteiger partial charge in [0.15, 0.2) is 11.5 Å². The number of methoxy groups -OCH3 is 2. The quantitative estimate of drug-likeness (QED) is 0.525. The Morgan fingerprint density at radius 1 is 1.00 bits per heavy atom. The van der Waals surface area contributed by atoms with Gasteiger partial charge in [-0.1, -0.05) is 18.2 Å². The van der Waals surface area contributed by atoms with Crippen LogP contribution < -0.4 is 19.5 Å². The smallest absolute Gasteiger partial charge is 0.230 e. The van der Waals surface area contributed by atoms with E-state index in [0.29, 0.717) is 30.4 Å². The fourth-order valence-electron chi connectivity index (χ4n) is 2.80. The lowest BCUT2D eigenvalue weighted by molar-refractivity contribution is -0.118. The van der Waals surface area contributed by atoms with Crippen molar-refractivity contribution < 1.29 is 19.0 Å². The van der Waals surface area contributed by atoms with E-state index in [4.69, 9.17) is 14.2 Å². The van der Waals surface area contributed by atoms with Crippen molar-refractivity contribution in [1.82, 2.24) is 5.32 Å². The predicted molar refractivity (Wildman–Crippen MR) is 120 cm³/mol. The van der Waals surface area contributed by atoms with Gasteiger partial charge in [0.1, 0.15) is 5.75 Å². The molecule has 0 atom stereocenters. The minimum atomic E-state index is 0.0610. The Morgan fingerprint density at radius 3 is 2.55 bits per heavy atom. The molecule has 1 N–H and O–H groups in total. The summed E-state index contributed by atoms with van der Waals surface area (Å²) in [6, 6.07) is 12.0. The van der Waals surface area contributed by atoms with Crippen LogP contribution in [0, 0.1) is 13.8 Å². The first kappa shape index (κ1) is 22.9. The molecule has 2 rings (SSSR count). The molecule has 0 aliphatic heterocycles. The first-order valence-electron chi connectivity index (χ1n) is 9.79. The van der Waals surface area contributed by atoms with E-state index in [2.05, 4.69) is 37.4 Å². The number of thioether (sulfide) groups is 1. The van der Waals surface area contributed by atoms with Gasteiger partial charge in [0.05, 0.1) is 26.6 Å². The molecular formula is C23H31NO4S. The zero-order valence-corrected chi connectivity index (χ0v) is 18.6. The molecule has 0 aliphatic rings. The largest absolute Gasteiger partial charge is 0.493 e. The molecule has 0 aliphatic carbocycles. The Morgan fingerprint density at radius 2 is 1.79 bits per heavy atom. The van der Waals surface area contributed by atoms with E-state index in [9.17, 15) is 4.79 Å². The van der Waals surface area contributed by atoms with E-state index >= 15 is 0 Å². The summed E-state index contributed by atoms with van der Waals surface area (Å²) in [5, 5.41) is 2.96. The number of carbonyl (C=O) groups is 1. The molecule has 29 heavy (non-hydrogen) atoms. The maximum Gasteiger partial charge on any atom is 0.230 e. The average molecular weight is 418 g/mol. The first-order chi connectivity index (χ1) is 14.0. The zero-order valence-electron chi connectivity index (χ0n) is 17.7. The summed E-state index contributed by atoms with van der Waals surface area (Å²) in [6.07, 6.45) is 1.66. The molecule has 0 bridgehead atoms. The van der Waals surface area contributed by atoms with Gasteiger partial charge in [0.2, 0.25) is 5.91 Å². The highest BCUT2D eigenvalue weighted by Gasteiger charge is 2.06. The van der Waals surface area contributed by atoms with Crippen LogP contribution in [0.1, 0.15) is 23.1 Å². The molecule has 0 spiro atoms.